The topological polar surface area (TPSA) is 79.1 Å². The molecule has 1 aromatic carbocycles. The fourth-order valence-corrected chi connectivity index (χ4v) is 1.58. The van der Waals surface area contributed by atoms with Crippen molar-refractivity contribution in [2.24, 2.45) is 0 Å². The van der Waals surface area contributed by atoms with Crippen molar-refractivity contribution in [3.8, 4) is 17.0 Å². The van der Waals surface area contributed by atoms with E-state index in [9.17, 15) is 0 Å². The molecule has 0 atom stereocenters. The number of hydrogen-bond donors (Lipinski definition) is 2. The molecule has 0 aliphatic heterocycles. The number of aromatic nitrogens is 2. The minimum absolute atomic E-state index is 0.295. The summed E-state index contributed by atoms with van der Waals surface area (Å²) < 4.78 is 6.49. The van der Waals surface area contributed by atoms with Crippen molar-refractivity contribution in [2.75, 3.05) is 18.7 Å². The highest BCUT2D eigenvalue weighted by Crippen LogP contribution is 2.25. The Labute approximate surface area is 93.6 Å². The number of nitrogens with two attached hydrogens (primary N) is 2. The number of rotatable bonds is 2. The monoisotopic (exact) mass is 218 g/mol. The van der Waals surface area contributed by atoms with E-state index < -0.39 is 0 Å². The van der Waals surface area contributed by atoms with Gasteiger partial charge >= 0.3 is 0 Å². The van der Waals surface area contributed by atoms with Gasteiger partial charge in [-0.05, 0) is 30.7 Å². The van der Waals surface area contributed by atoms with Gasteiger partial charge in [0.15, 0.2) is 0 Å². The Hall–Kier alpha value is -2.17. The van der Waals surface area contributed by atoms with Crippen LogP contribution in [-0.4, -0.2) is 16.8 Å². The van der Waals surface area contributed by atoms with E-state index in [1.807, 2.05) is 25.1 Å². The van der Waals surface area contributed by atoms with E-state index in [4.69, 9.17) is 16.3 Å². The third-order valence-corrected chi connectivity index (χ3v) is 2.45. The Balaban J connectivity index is 2.45. The maximum atomic E-state index is 5.58. The molecule has 1 aromatic heterocycles. The molecule has 1 heterocycles. The number of imidazole rings is 1. The lowest BCUT2D eigenvalue weighted by molar-refractivity contribution is 0.412. The normalized spacial score (nSPS) is 10.4. The summed E-state index contributed by atoms with van der Waals surface area (Å²) in [5.74, 6) is 6.72. The Bertz CT molecular complexity index is 499. The lowest BCUT2D eigenvalue weighted by Gasteiger charge is -2.05. The van der Waals surface area contributed by atoms with Gasteiger partial charge in [0.25, 0.3) is 0 Å². The minimum atomic E-state index is 0.295. The smallest absolute Gasteiger partial charge is 0.219 e. The zero-order valence-corrected chi connectivity index (χ0v) is 9.27. The van der Waals surface area contributed by atoms with Crippen LogP contribution in [0.25, 0.3) is 11.3 Å². The largest absolute Gasteiger partial charge is 0.496 e. The summed E-state index contributed by atoms with van der Waals surface area (Å²) in [6.07, 6.45) is 1.69. The zero-order valence-electron chi connectivity index (χ0n) is 9.27. The second-order valence-electron chi connectivity index (χ2n) is 3.58. The van der Waals surface area contributed by atoms with E-state index in [2.05, 4.69) is 4.98 Å². The van der Waals surface area contributed by atoms with Gasteiger partial charge < -0.3 is 16.3 Å². The Morgan fingerprint density at radius 2 is 2.12 bits per heavy atom. The summed E-state index contributed by atoms with van der Waals surface area (Å²) >= 11 is 0. The van der Waals surface area contributed by atoms with Crippen molar-refractivity contribution in [1.82, 2.24) is 9.66 Å². The summed E-state index contributed by atoms with van der Waals surface area (Å²) in [5.41, 5.74) is 8.34. The van der Waals surface area contributed by atoms with Crippen molar-refractivity contribution in [1.29, 1.82) is 0 Å². The highest BCUT2D eigenvalue weighted by molar-refractivity contribution is 5.63. The Kier molecular flexibility index (Phi) is 2.44. The molecule has 0 amide bonds. The van der Waals surface area contributed by atoms with Crippen LogP contribution < -0.4 is 16.3 Å². The van der Waals surface area contributed by atoms with E-state index in [-0.39, 0.29) is 0 Å². The van der Waals surface area contributed by atoms with Gasteiger partial charge in [-0.15, -0.1) is 0 Å². The van der Waals surface area contributed by atoms with Crippen LogP contribution in [0.4, 0.5) is 5.95 Å². The number of ether oxygens (including phenoxy) is 1. The van der Waals surface area contributed by atoms with Crippen LogP contribution in [0.1, 0.15) is 5.56 Å². The summed E-state index contributed by atoms with van der Waals surface area (Å²) in [4.78, 5) is 4.15. The molecule has 84 valence electrons. The third kappa shape index (κ3) is 1.67. The molecule has 0 saturated heterocycles. The van der Waals surface area contributed by atoms with Crippen molar-refractivity contribution in [3.05, 3.63) is 30.0 Å². The first-order chi connectivity index (χ1) is 7.61. The number of aryl methyl sites for hydroxylation is 1. The molecule has 0 spiro atoms. The van der Waals surface area contributed by atoms with Crippen molar-refractivity contribution < 1.29 is 4.74 Å². The van der Waals surface area contributed by atoms with E-state index >= 15 is 0 Å². The molecule has 0 unspecified atom stereocenters. The predicted octanol–water partition coefficient (Wildman–Crippen LogP) is 1.16. The van der Waals surface area contributed by atoms with Gasteiger partial charge in [0.2, 0.25) is 5.95 Å². The van der Waals surface area contributed by atoms with Gasteiger partial charge in [0.1, 0.15) is 5.75 Å². The summed E-state index contributed by atoms with van der Waals surface area (Å²) in [5, 5.41) is 0. The molecule has 0 radical (unpaired) electrons. The molecule has 0 aliphatic carbocycles. The van der Waals surface area contributed by atoms with Crippen LogP contribution in [-0.2, 0) is 0 Å². The number of nitrogens with zero attached hydrogens (tertiary/aromatic N) is 2. The van der Waals surface area contributed by atoms with Crippen LogP contribution in [0, 0.1) is 6.92 Å². The molecule has 2 rings (SSSR count). The molecular weight excluding hydrogens is 204 g/mol. The number of anilines is 1. The van der Waals surface area contributed by atoms with Crippen LogP contribution in [0.5, 0.6) is 5.75 Å². The highest BCUT2D eigenvalue weighted by Gasteiger charge is 2.07. The lowest BCUT2D eigenvalue weighted by atomic mass is 10.1. The standard InChI is InChI=1S/C11H14N4O/c1-7-5-8(3-4-10(7)16-2)9-6-15(13)11(12)14-9/h3-6H,13H2,1-2H3,(H2,12,14). The van der Waals surface area contributed by atoms with E-state index in [1.54, 1.807) is 13.3 Å². The van der Waals surface area contributed by atoms with Gasteiger partial charge in [-0.25, -0.2) is 9.66 Å². The van der Waals surface area contributed by atoms with Gasteiger partial charge in [-0.3, -0.25) is 0 Å². The molecule has 0 saturated carbocycles. The molecule has 16 heavy (non-hydrogen) atoms. The fourth-order valence-electron chi connectivity index (χ4n) is 1.58. The van der Waals surface area contributed by atoms with Gasteiger partial charge in [-0.1, -0.05) is 0 Å². The minimum Gasteiger partial charge on any atom is -0.496 e. The molecule has 0 fully saturated rings. The van der Waals surface area contributed by atoms with Crippen molar-refractivity contribution in [2.45, 2.75) is 6.92 Å². The van der Waals surface area contributed by atoms with Crippen LogP contribution in [0.15, 0.2) is 24.4 Å². The predicted molar refractivity (Wildman–Crippen MR) is 63.5 cm³/mol. The number of benzene rings is 1. The van der Waals surface area contributed by atoms with Gasteiger partial charge in [-0.2, -0.15) is 0 Å². The van der Waals surface area contributed by atoms with E-state index in [1.165, 1.54) is 4.68 Å². The fraction of sp³-hybridized carbons (Fsp3) is 0.182. The quantitative estimate of drug-likeness (QED) is 0.741. The average Bonchev–Trinajstić information content (AvgIpc) is 2.59. The van der Waals surface area contributed by atoms with E-state index in [0.29, 0.717) is 5.95 Å². The van der Waals surface area contributed by atoms with Crippen molar-refractivity contribution in [3.63, 3.8) is 0 Å². The summed E-state index contributed by atoms with van der Waals surface area (Å²) in [6, 6.07) is 5.81. The van der Waals surface area contributed by atoms with Crippen LogP contribution >= 0.6 is 0 Å². The molecule has 0 aliphatic rings. The molecule has 5 heteroatoms. The second kappa shape index (κ2) is 3.77. The van der Waals surface area contributed by atoms with Crippen LogP contribution in [0.2, 0.25) is 0 Å². The van der Waals surface area contributed by atoms with Crippen molar-refractivity contribution >= 4 is 5.95 Å². The lowest BCUT2D eigenvalue weighted by Crippen LogP contribution is -2.09. The maximum absolute atomic E-state index is 5.58. The molecular formula is C11H14N4O. The SMILES string of the molecule is COc1ccc(-c2cn(N)c(N)n2)cc1C. The molecule has 4 N–H and O–H groups in total. The second-order valence-corrected chi connectivity index (χ2v) is 3.58. The molecule has 5 nitrogen and oxygen atoms in total. The summed E-state index contributed by atoms with van der Waals surface area (Å²) in [7, 11) is 1.65. The zero-order chi connectivity index (χ0) is 11.7. The number of nitrogen functional groups attached to an aromatic ring is 2. The van der Waals surface area contributed by atoms with Crippen LogP contribution in [0.3, 0.4) is 0 Å². The van der Waals surface area contributed by atoms with Gasteiger partial charge in [0, 0.05) is 5.56 Å². The highest BCUT2D eigenvalue weighted by atomic mass is 16.5. The average molecular weight is 218 g/mol. The Morgan fingerprint density at radius 1 is 1.38 bits per heavy atom. The van der Waals surface area contributed by atoms with E-state index in [0.717, 1.165) is 22.6 Å². The first-order valence-electron chi connectivity index (χ1n) is 4.86. The third-order valence-electron chi connectivity index (χ3n) is 2.45. The summed E-state index contributed by atoms with van der Waals surface area (Å²) in [6.45, 7) is 1.98. The van der Waals surface area contributed by atoms with Gasteiger partial charge in [0.05, 0.1) is 19.0 Å². The molecule has 2 aromatic rings. The number of hydrogen-bond acceptors (Lipinski definition) is 4. The number of methoxy groups -OCH3 is 1. The first-order valence-corrected chi connectivity index (χ1v) is 4.86. The maximum Gasteiger partial charge on any atom is 0.219 e. The molecule has 0 bridgehead atoms. The Morgan fingerprint density at radius 3 is 2.62 bits per heavy atom. The first kappa shape index (κ1) is 10.4.